The second kappa shape index (κ2) is 10.1. The summed E-state index contributed by atoms with van der Waals surface area (Å²) in [6.07, 6.45) is 4.89. The standard InChI is InChI=1S/C33H45F5INO3SSi/c1-20(2)29-27-28(26-23(40-29)17-32(13-8-14-32)18-24(26)43-45(6,7)31(3,4)5)33(15-16-41-19-25(33)39)42-30(27)21-9-11-22(12-10-21)44(34,35,36,37)38/h9-12,20,24-25,30H,8,13-19H2,1-7H3/t24?,25?,30-,33?/m1/s1. The molecule has 4 atom stereocenters. The van der Waals surface area contributed by atoms with Crippen LogP contribution in [0.2, 0.25) is 18.1 Å². The molecule has 0 radical (unpaired) electrons. The van der Waals surface area contributed by atoms with Crippen LogP contribution in [0.15, 0.2) is 29.2 Å². The number of benzene rings is 1. The highest BCUT2D eigenvalue weighted by Gasteiger charge is 2.65. The van der Waals surface area contributed by atoms with Gasteiger partial charge in [0.1, 0.15) is 16.6 Å². The number of hydrogen-bond donors (Lipinski definition) is 0. The zero-order chi connectivity index (χ0) is 33.1. The molecule has 2 aliphatic carbocycles. The Hall–Kier alpha value is -0.803. The summed E-state index contributed by atoms with van der Waals surface area (Å²) < 4.78 is 88.6. The van der Waals surface area contributed by atoms with Crippen molar-refractivity contribution in [3.05, 3.63) is 57.9 Å². The minimum atomic E-state index is -9.83. The van der Waals surface area contributed by atoms with E-state index in [1.807, 2.05) is 0 Å². The number of alkyl halides is 1. The minimum Gasteiger partial charge on any atom is -0.410 e. The molecule has 2 aromatic rings. The van der Waals surface area contributed by atoms with Crippen molar-refractivity contribution in [2.24, 2.45) is 5.41 Å². The summed E-state index contributed by atoms with van der Waals surface area (Å²) >= 11 is 2.39. The summed E-state index contributed by atoms with van der Waals surface area (Å²) in [5, 5.41) is -0.0162. The van der Waals surface area contributed by atoms with Crippen LogP contribution < -0.4 is 0 Å². The Kier molecular flexibility index (Phi) is 7.66. The average molecular weight is 786 g/mol. The summed E-state index contributed by atoms with van der Waals surface area (Å²) in [5.41, 5.74) is 4.70. The van der Waals surface area contributed by atoms with Crippen molar-refractivity contribution < 1.29 is 33.3 Å². The van der Waals surface area contributed by atoms with Gasteiger partial charge in [0, 0.05) is 41.1 Å². The Balaban J connectivity index is 1.60. The zero-order valence-electron chi connectivity index (χ0n) is 27.1. The molecule has 1 aromatic carbocycles. The van der Waals surface area contributed by atoms with Crippen molar-refractivity contribution >= 4 is 41.1 Å². The molecule has 0 N–H and O–H groups in total. The van der Waals surface area contributed by atoms with Gasteiger partial charge < -0.3 is 13.9 Å². The first-order chi connectivity index (χ1) is 20.5. The molecular weight excluding hydrogens is 740 g/mol. The third-order valence-corrected chi connectivity index (χ3v) is 18.1. The van der Waals surface area contributed by atoms with Crippen LogP contribution in [0.25, 0.3) is 0 Å². The molecule has 2 spiro atoms. The first-order valence-electron chi connectivity index (χ1n) is 16.0. The summed E-state index contributed by atoms with van der Waals surface area (Å²) in [7, 11) is -12.1. The van der Waals surface area contributed by atoms with Gasteiger partial charge in [-0.25, -0.2) is 0 Å². The van der Waals surface area contributed by atoms with Crippen LogP contribution in [-0.2, 0) is 25.9 Å². The van der Waals surface area contributed by atoms with Gasteiger partial charge in [0.15, 0.2) is 8.32 Å². The van der Waals surface area contributed by atoms with Gasteiger partial charge in [-0.1, -0.05) is 95.2 Å². The number of hydrogen-bond acceptors (Lipinski definition) is 4. The molecule has 2 aliphatic heterocycles. The van der Waals surface area contributed by atoms with E-state index in [9.17, 15) is 19.4 Å². The van der Waals surface area contributed by atoms with E-state index in [-0.39, 0.29) is 26.4 Å². The van der Waals surface area contributed by atoms with Gasteiger partial charge in [-0.05, 0) is 72.8 Å². The monoisotopic (exact) mass is 785 g/mol. The van der Waals surface area contributed by atoms with Gasteiger partial charge >= 0.3 is 10.2 Å². The topological polar surface area (TPSA) is 40.6 Å². The van der Waals surface area contributed by atoms with Crippen molar-refractivity contribution in [3.8, 4) is 0 Å². The molecule has 45 heavy (non-hydrogen) atoms. The molecule has 1 aromatic heterocycles. The maximum Gasteiger partial charge on any atom is 0.310 e. The Morgan fingerprint density at radius 3 is 2.18 bits per heavy atom. The van der Waals surface area contributed by atoms with Gasteiger partial charge in [0.25, 0.3) is 0 Å². The molecule has 2 fully saturated rings. The molecule has 0 amide bonds. The minimum absolute atomic E-state index is 0.000736. The SMILES string of the molecule is CC(C)c1nc2c(c3c1[C@@H](c1ccc(S(F)(F)(F)(F)F)cc1)OC31CCOCC1I)C(O[Si](C)(C)C(C)(C)C)CC1(CCC1)C2. The number of aromatic nitrogens is 1. The van der Waals surface area contributed by atoms with Crippen LogP contribution in [0.1, 0.15) is 118 Å². The summed E-state index contributed by atoms with van der Waals surface area (Å²) in [6.45, 7) is 16.3. The van der Waals surface area contributed by atoms with E-state index in [1.165, 1.54) is 6.42 Å². The Labute approximate surface area is 278 Å². The van der Waals surface area contributed by atoms with E-state index in [0.717, 1.165) is 65.9 Å². The largest absolute Gasteiger partial charge is 0.410 e. The van der Waals surface area contributed by atoms with E-state index >= 15 is 0 Å². The lowest BCUT2D eigenvalue weighted by Crippen LogP contribution is -2.48. The predicted molar refractivity (Wildman–Crippen MR) is 180 cm³/mol. The van der Waals surface area contributed by atoms with Gasteiger partial charge in [0.05, 0.1) is 16.6 Å². The van der Waals surface area contributed by atoms with Gasteiger partial charge in [-0.3, -0.25) is 4.98 Å². The Bertz CT molecular complexity index is 1510. The van der Waals surface area contributed by atoms with E-state index in [0.29, 0.717) is 37.3 Å². The van der Waals surface area contributed by atoms with Crippen LogP contribution >= 0.6 is 32.8 Å². The maximum absolute atomic E-state index is 13.7. The molecule has 3 heterocycles. The molecule has 1 saturated heterocycles. The number of halogens is 6. The molecule has 4 aliphatic rings. The fourth-order valence-corrected chi connectivity index (χ4v) is 10.5. The molecule has 252 valence electrons. The van der Waals surface area contributed by atoms with Crippen LogP contribution in [0, 0.1) is 5.41 Å². The fourth-order valence-electron chi connectivity index (χ4n) is 7.52. The maximum atomic E-state index is 13.7. The molecule has 4 nitrogen and oxygen atoms in total. The number of nitrogens with zero attached hydrogens (tertiary/aromatic N) is 1. The van der Waals surface area contributed by atoms with Crippen LogP contribution in [-0.4, -0.2) is 30.4 Å². The second-order valence-corrected chi connectivity index (χ2v) is 24.3. The predicted octanol–water partition coefficient (Wildman–Crippen LogP) is 11.6. The summed E-state index contributed by atoms with van der Waals surface area (Å²) in [6, 6.07) is 3.31. The number of pyridine rings is 1. The van der Waals surface area contributed by atoms with Gasteiger partial charge in [-0.2, -0.15) is 0 Å². The van der Waals surface area contributed by atoms with Crippen molar-refractivity contribution in [3.63, 3.8) is 0 Å². The normalized spacial score (nSPS) is 29.7. The Morgan fingerprint density at radius 1 is 1.02 bits per heavy atom. The molecule has 3 unspecified atom stereocenters. The van der Waals surface area contributed by atoms with Crippen molar-refractivity contribution in [2.45, 2.75) is 124 Å². The molecule has 0 bridgehead atoms. The van der Waals surface area contributed by atoms with Crippen LogP contribution in [0.5, 0.6) is 0 Å². The van der Waals surface area contributed by atoms with E-state index in [1.54, 1.807) is 0 Å². The van der Waals surface area contributed by atoms with Crippen LogP contribution in [0.3, 0.4) is 0 Å². The van der Waals surface area contributed by atoms with Crippen molar-refractivity contribution in [1.29, 1.82) is 0 Å². The molecule has 12 heteroatoms. The highest BCUT2D eigenvalue weighted by Crippen LogP contribution is 3.02. The first-order valence-corrected chi connectivity index (χ1v) is 22.1. The number of ether oxygens (including phenoxy) is 2. The zero-order valence-corrected chi connectivity index (χ0v) is 31.1. The van der Waals surface area contributed by atoms with Gasteiger partial charge in [0.2, 0.25) is 0 Å². The quantitative estimate of drug-likeness (QED) is 0.131. The smallest absolute Gasteiger partial charge is 0.310 e. The number of rotatable bonds is 5. The molecule has 6 rings (SSSR count). The third kappa shape index (κ3) is 5.82. The third-order valence-electron chi connectivity index (χ3n) is 11.1. The van der Waals surface area contributed by atoms with Crippen LogP contribution in [0.4, 0.5) is 19.4 Å². The average Bonchev–Trinajstić information content (AvgIpc) is 3.22. The Morgan fingerprint density at radius 2 is 1.67 bits per heavy atom. The van der Waals surface area contributed by atoms with Crippen molar-refractivity contribution in [1.82, 2.24) is 4.98 Å². The lowest BCUT2D eigenvalue weighted by atomic mass is 9.58. The summed E-state index contributed by atoms with van der Waals surface area (Å²) in [5.74, 6) is 0.000736. The highest BCUT2D eigenvalue weighted by atomic mass is 127. The first kappa shape index (κ1) is 34.1. The van der Waals surface area contributed by atoms with E-state index in [4.69, 9.17) is 18.9 Å². The lowest BCUT2D eigenvalue weighted by molar-refractivity contribution is -0.113. The lowest BCUT2D eigenvalue weighted by Gasteiger charge is -2.51. The number of fused-ring (bicyclic) bond motifs is 4. The highest BCUT2D eigenvalue weighted by molar-refractivity contribution is 14.1. The molecule has 1 saturated carbocycles. The summed E-state index contributed by atoms with van der Waals surface area (Å²) in [4.78, 5) is 3.49. The fraction of sp³-hybridized carbons (Fsp3) is 0.667. The second-order valence-electron chi connectivity index (χ2n) is 15.6. The van der Waals surface area contributed by atoms with E-state index in [2.05, 4.69) is 70.3 Å². The van der Waals surface area contributed by atoms with Crippen molar-refractivity contribution in [2.75, 3.05) is 13.2 Å². The van der Waals surface area contributed by atoms with Gasteiger partial charge in [-0.15, -0.1) is 0 Å². The van der Waals surface area contributed by atoms with E-state index < -0.39 is 35.1 Å². The molecular formula is C33H45F5INO3SSi.